The second-order valence-corrected chi connectivity index (χ2v) is 6.42. The van der Waals surface area contributed by atoms with Gasteiger partial charge in [0.25, 0.3) is 0 Å². The van der Waals surface area contributed by atoms with Gasteiger partial charge < -0.3 is 14.2 Å². The number of aromatic nitrogens is 2. The monoisotopic (exact) mass is 384 g/mol. The van der Waals surface area contributed by atoms with Crippen molar-refractivity contribution >= 4 is 17.6 Å². The summed E-state index contributed by atoms with van der Waals surface area (Å²) in [7, 11) is 1.33. The fourth-order valence-electron chi connectivity index (χ4n) is 2.96. The summed E-state index contributed by atoms with van der Waals surface area (Å²) in [6, 6.07) is 14.9. The van der Waals surface area contributed by atoms with Crippen molar-refractivity contribution in [3.05, 3.63) is 64.8 Å². The molecule has 3 aromatic rings. The van der Waals surface area contributed by atoms with Crippen molar-refractivity contribution in [2.45, 2.75) is 6.54 Å². The summed E-state index contributed by atoms with van der Waals surface area (Å²) in [6.45, 7) is 1.45. The lowest BCUT2D eigenvalue weighted by Crippen LogP contribution is -2.15. The molecular weight excluding hydrogens is 368 g/mol. The van der Waals surface area contributed by atoms with Crippen LogP contribution in [0.15, 0.2) is 48.5 Å². The summed E-state index contributed by atoms with van der Waals surface area (Å²) in [4.78, 5) is 12.0. The lowest BCUT2D eigenvalue weighted by molar-refractivity contribution is 0.0593. The van der Waals surface area contributed by atoms with Crippen LogP contribution in [0.25, 0.3) is 11.3 Å². The highest BCUT2D eigenvalue weighted by atomic mass is 35.5. The van der Waals surface area contributed by atoms with E-state index in [0.717, 1.165) is 16.8 Å². The van der Waals surface area contributed by atoms with E-state index >= 15 is 0 Å². The van der Waals surface area contributed by atoms with Crippen LogP contribution in [0.3, 0.4) is 0 Å². The molecule has 6 nitrogen and oxygen atoms in total. The molecule has 0 saturated carbocycles. The molecular formula is C20H17ClN2O4. The first kappa shape index (κ1) is 17.4. The molecule has 27 heavy (non-hydrogen) atoms. The van der Waals surface area contributed by atoms with Gasteiger partial charge in [-0.2, -0.15) is 5.10 Å². The standard InChI is InChI=1S/C20H17ClN2O4/c1-25-20(24)16-11-17(13-6-7-18-19(10-13)27-9-8-26-18)23(22-16)12-14-4-2-3-5-15(14)21/h2-7,10-11H,8-9,12H2,1H3. The number of carbonyl (C=O) groups is 1. The Morgan fingerprint density at radius 2 is 1.93 bits per heavy atom. The maximum atomic E-state index is 12.0. The minimum Gasteiger partial charge on any atom is -0.486 e. The van der Waals surface area contributed by atoms with Crippen LogP contribution in [0, 0.1) is 0 Å². The predicted molar refractivity (Wildman–Crippen MR) is 101 cm³/mol. The number of nitrogens with zero attached hydrogens (tertiary/aromatic N) is 2. The number of hydrogen-bond donors (Lipinski definition) is 0. The topological polar surface area (TPSA) is 62.6 Å². The summed E-state index contributed by atoms with van der Waals surface area (Å²) in [5, 5.41) is 5.06. The van der Waals surface area contributed by atoms with Crippen LogP contribution in [0.1, 0.15) is 16.1 Å². The Hall–Kier alpha value is -2.99. The number of rotatable bonds is 4. The number of halogens is 1. The number of benzene rings is 2. The summed E-state index contributed by atoms with van der Waals surface area (Å²) >= 11 is 6.29. The van der Waals surface area contributed by atoms with Crippen LogP contribution in [-0.4, -0.2) is 36.1 Å². The Balaban J connectivity index is 1.78. The Morgan fingerprint density at radius 1 is 1.15 bits per heavy atom. The first-order valence-corrected chi connectivity index (χ1v) is 8.83. The van der Waals surface area contributed by atoms with Crippen molar-refractivity contribution in [3.63, 3.8) is 0 Å². The van der Waals surface area contributed by atoms with Crippen molar-refractivity contribution in [1.82, 2.24) is 9.78 Å². The second-order valence-electron chi connectivity index (χ2n) is 6.01. The van der Waals surface area contributed by atoms with Crippen LogP contribution < -0.4 is 9.47 Å². The van der Waals surface area contributed by atoms with E-state index in [0.29, 0.717) is 36.3 Å². The zero-order valence-electron chi connectivity index (χ0n) is 14.6. The van der Waals surface area contributed by atoms with Crippen LogP contribution in [0.2, 0.25) is 5.02 Å². The second kappa shape index (κ2) is 7.32. The number of carbonyl (C=O) groups excluding carboxylic acids is 1. The summed E-state index contributed by atoms with van der Waals surface area (Å²) in [5.74, 6) is 0.880. The molecule has 138 valence electrons. The Kier molecular flexibility index (Phi) is 4.73. The highest BCUT2D eigenvalue weighted by Gasteiger charge is 2.19. The van der Waals surface area contributed by atoms with Gasteiger partial charge in [0.15, 0.2) is 17.2 Å². The van der Waals surface area contributed by atoms with Crippen LogP contribution in [-0.2, 0) is 11.3 Å². The zero-order valence-corrected chi connectivity index (χ0v) is 15.4. The van der Waals surface area contributed by atoms with Crippen molar-refractivity contribution < 1.29 is 19.0 Å². The van der Waals surface area contributed by atoms with Gasteiger partial charge in [0.1, 0.15) is 13.2 Å². The minimum absolute atomic E-state index is 0.231. The van der Waals surface area contributed by atoms with Gasteiger partial charge in [-0.1, -0.05) is 29.8 Å². The highest BCUT2D eigenvalue weighted by molar-refractivity contribution is 6.31. The molecule has 0 spiro atoms. The van der Waals surface area contributed by atoms with E-state index in [2.05, 4.69) is 5.10 Å². The summed E-state index contributed by atoms with van der Waals surface area (Å²) in [5.41, 5.74) is 2.74. The molecule has 0 atom stereocenters. The molecule has 0 aliphatic carbocycles. The van der Waals surface area contributed by atoms with Crippen molar-refractivity contribution in [3.8, 4) is 22.8 Å². The van der Waals surface area contributed by atoms with E-state index in [9.17, 15) is 4.79 Å². The molecule has 0 radical (unpaired) electrons. The van der Waals surface area contributed by atoms with E-state index in [-0.39, 0.29) is 5.69 Å². The Morgan fingerprint density at radius 3 is 2.70 bits per heavy atom. The predicted octanol–water partition coefficient (Wildman–Crippen LogP) is 3.81. The lowest BCUT2D eigenvalue weighted by atomic mass is 10.1. The van der Waals surface area contributed by atoms with Crippen LogP contribution >= 0.6 is 11.6 Å². The van der Waals surface area contributed by atoms with E-state index in [1.807, 2.05) is 42.5 Å². The van der Waals surface area contributed by atoms with Crippen LogP contribution in [0.5, 0.6) is 11.5 Å². The number of methoxy groups -OCH3 is 1. The molecule has 0 unspecified atom stereocenters. The zero-order chi connectivity index (χ0) is 18.8. The van der Waals surface area contributed by atoms with Gasteiger partial charge in [-0.15, -0.1) is 0 Å². The van der Waals surface area contributed by atoms with Gasteiger partial charge in [0, 0.05) is 10.6 Å². The molecule has 1 aliphatic heterocycles. The minimum atomic E-state index is -0.494. The quantitative estimate of drug-likeness (QED) is 0.640. The van der Waals surface area contributed by atoms with Crippen LogP contribution in [0.4, 0.5) is 0 Å². The molecule has 7 heteroatoms. The van der Waals surface area contributed by atoms with Crippen molar-refractivity contribution in [2.24, 2.45) is 0 Å². The maximum Gasteiger partial charge on any atom is 0.358 e. The summed E-state index contributed by atoms with van der Waals surface area (Å²) < 4.78 is 17.8. The molecule has 1 aliphatic rings. The number of esters is 1. The van der Waals surface area contributed by atoms with Gasteiger partial charge in [0.05, 0.1) is 19.3 Å². The molecule has 2 heterocycles. The number of fused-ring (bicyclic) bond motifs is 1. The number of ether oxygens (including phenoxy) is 3. The van der Waals surface area contributed by atoms with Crippen molar-refractivity contribution in [2.75, 3.05) is 20.3 Å². The summed E-state index contributed by atoms with van der Waals surface area (Å²) in [6.07, 6.45) is 0. The molecule has 0 amide bonds. The molecule has 2 aromatic carbocycles. The van der Waals surface area contributed by atoms with E-state index < -0.39 is 5.97 Å². The Labute approximate surface area is 161 Å². The third-order valence-electron chi connectivity index (χ3n) is 4.29. The molecule has 0 N–H and O–H groups in total. The van der Waals surface area contributed by atoms with Gasteiger partial charge in [0.2, 0.25) is 0 Å². The number of hydrogen-bond acceptors (Lipinski definition) is 5. The highest BCUT2D eigenvalue weighted by Crippen LogP contribution is 2.35. The molecule has 0 saturated heterocycles. The first-order valence-electron chi connectivity index (χ1n) is 8.45. The molecule has 0 bridgehead atoms. The average molecular weight is 385 g/mol. The normalized spacial score (nSPS) is 12.7. The van der Waals surface area contributed by atoms with E-state index in [4.69, 9.17) is 25.8 Å². The average Bonchev–Trinajstić information content (AvgIpc) is 3.12. The smallest absolute Gasteiger partial charge is 0.358 e. The van der Waals surface area contributed by atoms with Gasteiger partial charge in [-0.3, -0.25) is 4.68 Å². The molecule has 4 rings (SSSR count). The third kappa shape index (κ3) is 3.48. The van der Waals surface area contributed by atoms with Gasteiger partial charge >= 0.3 is 5.97 Å². The van der Waals surface area contributed by atoms with Crippen molar-refractivity contribution in [1.29, 1.82) is 0 Å². The maximum absolute atomic E-state index is 12.0. The largest absolute Gasteiger partial charge is 0.486 e. The first-order chi connectivity index (χ1) is 13.2. The third-order valence-corrected chi connectivity index (χ3v) is 4.66. The lowest BCUT2D eigenvalue weighted by Gasteiger charge is -2.19. The van der Waals surface area contributed by atoms with E-state index in [1.165, 1.54) is 7.11 Å². The molecule has 1 aromatic heterocycles. The Bertz CT molecular complexity index is 999. The van der Waals surface area contributed by atoms with E-state index in [1.54, 1.807) is 10.7 Å². The molecule has 0 fully saturated rings. The fourth-order valence-corrected chi connectivity index (χ4v) is 3.16. The van der Waals surface area contributed by atoms with Gasteiger partial charge in [-0.25, -0.2) is 4.79 Å². The fraction of sp³-hybridized carbons (Fsp3) is 0.200. The SMILES string of the molecule is COC(=O)c1cc(-c2ccc3c(c2)OCCO3)n(Cc2ccccc2Cl)n1. The van der Waals surface area contributed by atoms with Gasteiger partial charge in [-0.05, 0) is 35.9 Å².